The smallest absolute Gasteiger partial charge is 0.323 e. The molecule has 1 aliphatic heterocycles. The van der Waals surface area contributed by atoms with Gasteiger partial charge in [0, 0.05) is 30.1 Å². The maximum Gasteiger partial charge on any atom is 0.323 e. The molecule has 36 heavy (non-hydrogen) atoms. The minimum Gasteiger partial charge on any atom is -0.378 e. The van der Waals surface area contributed by atoms with Crippen molar-refractivity contribution in [2.24, 2.45) is 0 Å². The van der Waals surface area contributed by atoms with Crippen molar-refractivity contribution < 1.29 is 23.1 Å². The van der Waals surface area contributed by atoms with Crippen LogP contribution in [0.25, 0.3) is 22.0 Å². The Bertz CT molecular complexity index is 1450. The van der Waals surface area contributed by atoms with Crippen molar-refractivity contribution >= 4 is 34.2 Å². The molecule has 184 valence electrons. The normalized spacial score (nSPS) is 13.6. The molecule has 1 saturated heterocycles. The van der Waals surface area contributed by atoms with Crippen molar-refractivity contribution in [1.82, 2.24) is 9.88 Å². The van der Waals surface area contributed by atoms with Crippen molar-refractivity contribution in [3.8, 4) is 11.1 Å². The minimum atomic E-state index is -0.885. The minimum absolute atomic E-state index is 0.155. The fourth-order valence-corrected chi connectivity index (χ4v) is 4.40. The van der Waals surface area contributed by atoms with Crippen LogP contribution in [0.3, 0.4) is 0 Å². The van der Waals surface area contributed by atoms with E-state index in [1.54, 1.807) is 11.0 Å². The van der Waals surface area contributed by atoms with E-state index in [4.69, 9.17) is 4.74 Å². The number of aromatic nitrogens is 1. The number of hydrogen-bond donors (Lipinski definition) is 3. The molecule has 4 aromatic rings. The number of fused-ring (bicyclic) bond motifs is 1. The van der Waals surface area contributed by atoms with Gasteiger partial charge in [0.05, 0.1) is 30.1 Å². The molecule has 0 spiro atoms. The number of aryl methyl sites for hydroxylation is 1. The Morgan fingerprint density at radius 3 is 2.39 bits per heavy atom. The predicted molar refractivity (Wildman–Crippen MR) is 134 cm³/mol. The second-order valence-corrected chi connectivity index (χ2v) is 8.58. The molecule has 0 radical (unpaired) electrons. The van der Waals surface area contributed by atoms with Gasteiger partial charge in [-0.25, -0.2) is 13.6 Å². The van der Waals surface area contributed by atoms with E-state index in [1.807, 2.05) is 43.3 Å². The fourth-order valence-electron chi connectivity index (χ4n) is 4.40. The first kappa shape index (κ1) is 23.5. The molecule has 3 N–H and O–H groups in total. The first-order valence-corrected chi connectivity index (χ1v) is 11.5. The largest absolute Gasteiger partial charge is 0.378 e. The lowest BCUT2D eigenvalue weighted by Gasteiger charge is -2.26. The average molecular weight is 491 g/mol. The molecule has 0 aliphatic carbocycles. The monoisotopic (exact) mass is 490 g/mol. The Labute approximate surface area is 206 Å². The molecule has 2 heterocycles. The number of urea groups is 1. The van der Waals surface area contributed by atoms with E-state index in [-0.39, 0.29) is 11.6 Å². The lowest BCUT2D eigenvalue weighted by Crippen LogP contribution is -2.41. The number of amides is 3. The van der Waals surface area contributed by atoms with Crippen molar-refractivity contribution in [3.05, 3.63) is 83.6 Å². The Kier molecular flexibility index (Phi) is 6.39. The van der Waals surface area contributed by atoms with Crippen LogP contribution in [0.15, 0.2) is 60.7 Å². The molecule has 1 fully saturated rings. The highest BCUT2D eigenvalue weighted by Gasteiger charge is 2.26. The van der Waals surface area contributed by atoms with Crippen LogP contribution in [0.4, 0.5) is 25.0 Å². The zero-order valence-corrected chi connectivity index (χ0v) is 19.5. The first-order valence-electron chi connectivity index (χ1n) is 11.5. The van der Waals surface area contributed by atoms with Crippen LogP contribution in [0.1, 0.15) is 16.1 Å². The fraction of sp³-hybridized carbons (Fsp3) is 0.185. The van der Waals surface area contributed by atoms with Gasteiger partial charge in [-0.15, -0.1) is 0 Å². The summed E-state index contributed by atoms with van der Waals surface area (Å²) in [6.07, 6.45) is 0. The second kappa shape index (κ2) is 9.79. The Morgan fingerprint density at radius 2 is 1.67 bits per heavy atom. The summed E-state index contributed by atoms with van der Waals surface area (Å²) in [6.45, 7) is 3.79. The van der Waals surface area contributed by atoms with Gasteiger partial charge in [0.2, 0.25) is 0 Å². The predicted octanol–water partition coefficient (Wildman–Crippen LogP) is 5.54. The number of aromatic amines is 1. The first-order chi connectivity index (χ1) is 17.4. The van der Waals surface area contributed by atoms with Crippen molar-refractivity contribution in [2.75, 3.05) is 36.9 Å². The highest BCUT2D eigenvalue weighted by Crippen LogP contribution is 2.37. The van der Waals surface area contributed by atoms with Gasteiger partial charge < -0.3 is 25.3 Å². The van der Waals surface area contributed by atoms with E-state index in [2.05, 4.69) is 15.6 Å². The van der Waals surface area contributed by atoms with Gasteiger partial charge in [-0.05, 0) is 42.3 Å². The summed E-state index contributed by atoms with van der Waals surface area (Å²) in [7, 11) is 0. The van der Waals surface area contributed by atoms with Crippen LogP contribution in [0.2, 0.25) is 0 Å². The average Bonchev–Trinajstić information content (AvgIpc) is 3.26. The van der Waals surface area contributed by atoms with Crippen LogP contribution in [0.5, 0.6) is 0 Å². The van der Waals surface area contributed by atoms with Gasteiger partial charge in [0.15, 0.2) is 0 Å². The summed E-state index contributed by atoms with van der Waals surface area (Å²) in [5.41, 5.74) is 3.68. The maximum atomic E-state index is 14.0. The van der Waals surface area contributed by atoms with Gasteiger partial charge in [-0.1, -0.05) is 30.3 Å². The van der Waals surface area contributed by atoms with Crippen molar-refractivity contribution in [2.45, 2.75) is 6.92 Å². The lowest BCUT2D eigenvalue weighted by molar-refractivity contribution is 0.0300. The second-order valence-electron chi connectivity index (χ2n) is 8.58. The lowest BCUT2D eigenvalue weighted by atomic mass is 9.99. The maximum absolute atomic E-state index is 14.0. The summed E-state index contributed by atoms with van der Waals surface area (Å²) in [4.78, 5) is 31.3. The number of morpholine rings is 1. The van der Waals surface area contributed by atoms with E-state index in [1.165, 1.54) is 0 Å². The number of nitrogens with one attached hydrogen (secondary N) is 3. The number of H-pyrrole nitrogens is 1. The molecular weight excluding hydrogens is 466 g/mol. The molecule has 0 atom stereocenters. The highest BCUT2D eigenvalue weighted by atomic mass is 19.1. The summed E-state index contributed by atoms with van der Waals surface area (Å²) in [5, 5.41) is 5.91. The number of nitrogens with zero attached hydrogens (tertiary/aromatic N) is 1. The van der Waals surface area contributed by atoms with E-state index >= 15 is 0 Å². The van der Waals surface area contributed by atoms with Crippen molar-refractivity contribution in [1.29, 1.82) is 0 Å². The molecule has 0 bridgehead atoms. The number of halogens is 2. The van der Waals surface area contributed by atoms with Crippen LogP contribution in [-0.2, 0) is 4.74 Å². The third-order valence-corrected chi connectivity index (χ3v) is 6.05. The zero-order chi connectivity index (χ0) is 25.2. The molecule has 3 aromatic carbocycles. The number of anilines is 2. The Morgan fingerprint density at radius 1 is 0.944 bits per heavy atom. The highest BCUT2D eigenvalue weighted by molar-refractivity contribution is 6.14. The van der Waals surface area contributed by atoms with Gasteiger partial charge in [-0.2, -0.15) is 0 Å². The van der Waals surface area contributed by atoms with E-state index in [0.717, 1.165) is 34.2 Å². The summed E-state index contributed by atoms with van der Waals surface area (Å²) >= 11 is 0. The SMILES string of the molecule is Cc1cc(NC(=O)Nc2ccc(F)cc2F)c2[nH]c(C(=O)N3CCOCC3)c(-c3ccccc3)c2c1. The van der Waals surface area contributed by atoms with Crippen LogP contribution in [-0.4, -0.2) is 48.1 Å². The van der Waals surface area contributed by atoms with E-state index in [9.17, 15) is 18.4 Å². The number of carbonyl (C=O) groups is 2. The molecule has 5 rings (SSSR count). The third-order valence-electron chi connectivity index (χ3n) is 6.05. The molecule has 7 nitrogen and oxygen atoms in total. The molecular formula is C27H24F2N4O3. The van der Waals surface area contributed by atoms with Crippen LogP contribution in [0, 0.1) is 18.6 Å². The number of carbonyl (C=O) groups excluding carboxylic acids is 2. The van der Waals surface area contributed by atoms with Gasteiger partial charge in [-0.3, -0.25) is 4.79 Å². The number of hydrogen-bond acceptors (Lipinski definition) is 3. The molecule has 3 amide bonds. The number of rotatable bonds is 4. The Hall–Kier alpha value is -4.24. The van der Waals surface area contributed by atoms with Crippen molar-refractivity contribution in [3.63, 3.8) is 0 Å². The summed E-state index contributed by atoms with van der Waals surface area (Å²) in [5.74, 6) is -1.78. The molecule has 0 unspecified atom stereocenters. The number of benzene rings is 3. The zero-order valence-electron chi connectivity index (χ0n) is 19.5. The molecule has 1 aromatic heterocycles. The summed E-state index contributed by atoms with van der Waals surface area (Å²) < 4.78 is 32.7. The van der Waals surface area contributed by atoms with Crippen LogP contribution >= 0.6 is 0 Å². The quantitative estimate of drug-likeness (QED) is 0.351. The molecule has 0 saturated carbocycles. The van der Waals surface area contributed by atoms with Gasteiger partial charge in [0.1, 0.15) is 17.3 Å². The van der Waals surface area contributed by atoms with Gasteiger partial charge in [0.25, 0.3) is 5.91 Å². The van der Waals surface area contributed by atoms with Gasteiger partial charge >= 0.3 is 6.03 Å². The standard InChI is InChI=1S/C27H24F2N4O3/c1-16-13-19-23(17-5-3-2-4-6-17)25(26(34)33-9-11-36-12-10-33)32-24(19)22(14-16)31-27(35)30-21-8-7-18(28)15-20(21)29/h2-8,13-15,32H,9-12H2,1H3,(H2,30,31,35). The summed E-state index contributed by atoms with van der Waals surface area (Å²) in [6, 6.07) is 15.5. The molecule has 9 heteroatoms. The number of ether oxygens (including phenoxy) is 1. The van der Waals surface area contributed by atoms with Crippen LogP contribution < -0.4 is 10.6 Å². The third kappa shape index (κ3) is 4.65. The Balaban J connectivity index is 1.57. The van der Waals surface area contributed by atoms with E-state index in [0.29, 0.717) is 49.3 Å². The molecule has 1 aliphatic rings. The topological polar surface area (TPSA) is 86.5 Å². The van der Waals surface area contributed by atoms with E-state index < -0.39 is 17.7 Å².